The molecule has 132 valence electrons. The highest BCUT2D eigenvalue weighted by Crippen LogP contribution is 2.19. The molecule has 0 aliphatic rings. The predicted octanol–water partition coefficient (Wildman–Crippen LogP) is 4.42. The molecule has 5 heteroatoms. The third-order valence-corrected chi connectivity index (χ3v) is 3.92. The first-order valence-electron chi connectivity index (χ1n) is 8.80. The normalized spacial score (nSPS) is 10.3. The van der Waals surface area contributed by atoms with E-state index in [0.29, 0.717) is 23.8 Å². The molecule has 1 amide bonds. The number of aromatic nitrogens is 2. The van der Waals surface area contributed by atoms with Gasteiger partial charge in [-0.3, -0.25) is 4.79 Å². The topological polar surface area (TPSA) is 66.9 Å². The molecule has 1 heterocycles. The molecule has 0 atom stereocenters. The van der Waals surface area contributed by atoms with E-state index < -0.39 is 0 Å². The molecule has 0 unspecified atom stereocenters. The average molecular weight is 346 g/mol. The predicted molar refractivity (Wildman–Crippen MR) is 104 cm³/mol. The summed E-state index contributed by atoms with van der Waals surface area (Å²) in [6.45, 7) is 2.81. The molecule has 0 aliphatic carbocycles. The standard InChI is InChI=1S/C21H22N4O/c1-2-3-14-23-21(26)17-9-11-18(12-10-17)24-19-13-15-22-20(25-19)16-7-5-4-6-8-16/h4-13,15H,2-3,14H2,1H3,(H,23,26)(H,22,24,25). The summed E-state index contributed by atoms with van der Waals surface area (Å²) < 4.78 is 0. The number of benzene rings is 2. The lowest BCUT2D eigenvalue weighted by molar-refractivity contribution is 0.0953. The third-order valence-electron chi connectivity index (χ3n) is 3.92. The molecule has 0 fully saturated rings. The number of hydrogen-bond acceptors (Lipinski definition) is 4. The van der Waals surface area contributed by atoms with E-state index >= 15 is 0 Å². The van der Waals surface area contributed by atoms with Crippen LogP contribution in [0.25, 0.3) is 11.4 Å². The Hall–Kier alpha value is -3.21. The van der Waals surface area contributed by atoms with Gasteiger partial charge < -0.3 is 10.6 Å². The Bertz CT molecular complexity index is 847. The molecule has 0 saturated carbocycles. The van der Waals surface area contributed by atoms with Gasteiger partial charge in [-0.05, 0) is 36.8 Å². The second-order valence-electron chi connectivity index (χ2n) is 5.94. The number of carbonyl (C=O) groups excluding carboxylic acids is 1. The van der Waals surface area contributed by atoms with Crippen molar-refractivity contribution in [2.24, 2.45) is 0 Å². The molecule has 5 nitrogen and oxygen atoms in total. The number of rotatable bonds is 7. The number of nitrogens with one attached hydrogen (secondary N) is 2. The molecular formula is C21H22N4O. The Morgan fingerprint density at radius 2 is 1.77 bits per heavy atom. The van der Waals surface area contributed by atoms with E-state index in [9.17, 15) is 4.79 Å². The van der Waals surface area contributed by atoms with E-state index in [2.05, 4.69) is 27.5 Å². The van der Waals surface area contributed by atoms with Crippen molar-refractivity contribution in [3.8, 4) is 11.4 Å². The summed E-state index contributed by atoms with van der Waals surface area (Å²) in [4.78, 5) is 20.9. The second-order valence-corrected chi connectivity index (χ2v) is 5.94. The first-order valence-corrected chi connectivity index (χ1v) is 8.80. The zero-order valence-corrected chi connectivity index (χ0v) is 14.8. The van der Waals surface area contributed by atoms with Crippen LogP contribution in [-0.4, -0.2) is 22.4 Å². The lowest BCUT2D eigenvalue weighted by Gasteiger charge is -2.08. The van der Waals surface area contributed by atoms with E-state index in [1.165, 1.54) is 0 Å². The van der Waals surface area contributed by atoms with Gasteiger partial charge in [-0.1, -0.05) is 43.7 Å². The van der Waals surface area contributed by atoms with Crippen molar-refractivity contribution in [2.75, 3.05) is 11.9 Å². The van der Waals surface area contributed by atoms with Crippen molar-refractivity contribution in [3.63, 3.8) is 0 Å². The molecule has 3 aromatic rings. The van der Waals surface area contributed by atoms with Crippen LogP contribution >= 0.6 is 0 Å². The van der Waals surface area contributed by atoms with Crippen molar-refractivity contribution < 1.29 is 4.79 Å². The fourth-order valence-electron chi connectivity index (χ4n) is 2.49. The molecule has 0 saturated heterocycles. The summed E-state index contributed by atoms with van der Waals surface area (Å²) in [7, 11) is 0. The number of carbonyl (C=O) groups is 1. The first-order chi connectivity index (χ1) is 12.8. The van der Waals surface area contributed by atoms with E-state index in [1.54, 1.807) is 6.20 Å². The molecule has 0 aliphatic heterocycles. The number of nitrogens with zero attached hydrogens (tertiary/aromatic N) is 2. The number of amides is 1. The largest absolute Gasteiger partial charge is 0.352 e. The molecule has 1 aromatic heterocycles. The molecule has 26 heavy (non-hydrogen) atoms. The van der Waals surface area contributed by atoms with Crippen LogP contribution in [0.15, 0.2) is 66.9 Å². The molecule has 0 spiro atoms. The minimum atomic E-state index is -0.0431. The Labute approximate surface area is 153 Å². The van der Waals surface area contributed by atoms with E-state index in [1.807, 2.05) is 60.7 Å². The maximum Gasteiger partial charge on any atom is 0.251 e. The summed E-state index contributed by atoms with van der Waals surface area (Å²) >= 11 is 0. The maximum atomic E-state index is 12.0. The zero-order valence-electron chi connectivity index (χ0n) is 14.8. The van der Waals surface area contributed by atoms with E-state index in [0.717, 1.165) is 24.1 Å². The quantitative estimate of drug-likeness (QED) is 0.622. The van der Waals surface area contributed by atoms with Crippen LogP contribution < -0.4 is 10.6 Å². The monoisotopic (exact) mass is 346 g/mol. The van der Waals surface area contributed by atoms with Crippen LogP contribution in [0.4, 0.5) is 11.5 Å². The van der Waals surface area contributed by atoms with E-state index in [4.69, 9.17) is 0 Å². The Morgan fingerprint density at radius 1 is 1.00 bits per heavy atom. The number of unbranched alkanes of at least 4 members (excludes halogenated alkanes) is 1. The van der Waals surface area contributed by atoms with Gasteiger partial charge in [0.05, 0.1) is 0 Å². The zero-order chi connectivity index (χ0) is 18.2. The Balaban J connectivity index is 1.67. The molecule has 0 radical (unpaired) electrons. The van der Waals surface area contributed by atoms with Crippen LogP contribution in [0.3, 0.4) is 0 Å². The minimum absolute atomic E-state index is 0.0431. The van der Waals surface area contributed by atoms with Crippen LogP contribution in [0.2, 0.25) is 0 Å². The fraction of sp³-hybridized carbons (Fsp3) is 0.190. The van der Waals surface area contributed by atoms with Crippen molar-refractivity contribution in [2.45, 2.75) is 19.8 Å². The SMILES string of the molecule is CCCCNC(=O)c1ccc(Nc2ccnc(-c3ccccc3)n2)cc1. The molecule has 0 bridgehead atoms. The third kappa shape index (κ3) is 4.66. The van der Waals surface area contributed by atoms with Gasteiger partial charge >= 0.3 is 0 Å². The Kier molecular flexibility index (Phi) is 5.93. The van der Waals surface area contributed by atoms with Crippen LogP contribution in [0, 0.1) is 0 Å². The molecule has 3 rings (SSSR count). The highest BCUT2D eigenvalue weighted by Gasteiger charge is 2.06. The summed E-state index contributed by atoms with van der Waals surface area (Å²) in [6, 6.07) is 19.0. The lowest BCUT2D eigenvalue weighted by atomic mass is 10.2. The summed E-state index contributed by atoms with van der Waals surface area (Å²) in [5, 5.41) is 6.16. The Morgan fingerprint density at radius 3 is 2.50 bits per heavy atom. The second kappa shape index (κ2) is 8.76. The van der Waals surface area contributed by atoms with Gasteiger partial charge in [0.25, 0.3) is 5.91 Å². The van der Waals surface area contributed by atoms with Crippen LogP contribution in [0.5, 0.6) is 0 Å². The maximum absolute atomic E-state index is 12.0. The van der Waals surface area contributed by atoms with Gasteiger partial charge in [0.2, 0.25) is 0 Å². The molecule has 2 N–H and O–H groups in total. The van der Waals surface area contributed by atoms with Crippen LogP contribution in [0.1, 0.15) is 30.1 Å². The summed E-state index contributed by atoms with van der Waals surface area (Å²) in [6.07, 6.45) is 3.78. The molecular weight excluding hydrogens is 324 g/mol. The average Bonchev–Trinajstić information content (AvgIpc) is 2.69. The summed E-state index contributed by atoms with van der Waals surface area (Å²) in [5.41, 5.74) is 2.49. The van der Waals surface area contributed by atoms with Crippen molar-refractivity contribution in [1.29, 1.82) is 0 Å². The van der Waals surface area contributed by atoms with Crippen molar-refractivity contribution >= 4 is 17.4 Å². The number of anilines is 2. The fourth-order valence-corrected chi connectivity index (χ4v) is 2.49. The molecule has 2 aromatic carbocycles. The van der Waals surface area contributed by atoms with Gasteiger partial charge in [0.15, 0.2) is 5.82 Å². The van der Waals surface area contributed by atoms with Gasteiger partial charge in [-0.2, -0.15) is 0 Å². The van der Waals surface area contributed by atoms with Crippen molar-refractivity contribution in [1.82, 2.24) is 15.3 Å². The van der Waals surface area contributed by atoms with Gasteiger partial charge in [0, 0.05) is 29.6 Å². The van der Waals surface area contributed by atoms with Gasteiger partial charge in [-0.25, -0.2) is 9.97 Å². The highest BCUT2D eigenvalue weighted by molar-refractivity contribution is 5.94. The highest BCUT2D eigenvalue weighted by atomic mass is 16.1. The summed E-state index contributed by atoms with van der Waals surface area (Å²) in [5.74, 6) is 1.33. The van der Waals surface area contributed by atoms with Gasteiger partial charge in [-0.15, -0.1) is 0 Å². The van der Waals surface area contributed by atoms with E-state index in [-0.39, 0.29) is 5.91 Å². The van der Waals surface area contributed by atoms with Crippen molar-refractivity contribution in [3.05, 3.63) is 72.4 Å². The van der Waals surface area contributed by atoms with Crippen LogP contribution in [-0.2, 0) is 0 Å². The first kappa shape index (κ1) is 17.6. The number of hydrogen-bond donors (Lipinski definition) is 2. The van der Waals surface area contributed by atoms with Gasteiger partial charge in [0.1, 0.15) is 5.82 Å². The lowest BCUT2D eigenvalue weighted by Crippen LogP contribution is -2.24. The minimum Gasteiger partial charge on any atom is -0.352 e. The smallest absolute Gasteiger partial charge is 0.251 e.